The molecule has 4 rings (SSSR count). The van der Waals surface area contributed by atoms with E-state index in [2.05, 4.69) is 0 Å². The van der Waals surface area contributed by atoms with Crippen LogP contribution in [0.2, 0.25) is 0 Å². The Kier molecular flexibility index (Phi) is 2.09. The lowest BCUT2D eigenvalue weighted by Gasteiger charge is -2.01. The minimum atomic E-state index is -0.280. The first-order chi connectivity index (χ1) is 9.77. The summed E-state index contributed by atoms with van der Waals surface area (Å²) in [4.78, 5) is 12.6. The van der Waals surface area contributed by atoms with E-state index in [0.717, 1.165) is 10.9 Å². The van der Waals surface area contributed by atoms with Crippen molar-refractivity contribution in [1.82, 2.24) is 4.68 Å². The van der Waals surface area contributed by atoms with Crippen LogP contribution in [0.3, 0.4) is 0 Å². The van der Waals surface area contributed by atoms with E-state index in [1.807, 2.05) is 42.5 Å². The van der Waals surface area contributed by atoms with Crippen molar-refractivity contribution in [2.24, 2.45) is 0 Å². The smallest absolute Gasteiger partial charge is 0.320 e. The summed E-state index contributed by atoms with van der Waals surface area (Å²) in [6, 6.07) is 16.5. The highest BCUT2D eigenvalue weighted by molar-refractivity contribution is 6.26. The molecule has 0 fully saturated rings. The lowest BCUT2D eigenvalue weighted by molar-refractivity contribution is -0.707. The molecular weight excluding hydrogens is 252 g/mol. The average molecular weight is 262 g/mol. The van der Waals surface area contributed by atoms with Gasteiger partial charge in [-0.05, 0) is 17.7 Å². The van der Waals surface area contributed by atoms with Crippen molar-refractivity contribution in [3.8, 4) is 0 Å². The zero-order valence-corrected chi connectivity index (χ0v) is 10.5. The van der Waals surface area contributed by atoms with Gasteiger partial charge in [0.15, 0.2) is 5.88 Å². The molecule has 0 amide bonds. The Balaban J connectivity index is 2.00. The largest absolute Gasteiger partial charge is 0.821 e. The molecule has 0 saturated heterocycles. The van der Waals surface area contributed by atoms with Crippen molar-refractivity contribution in [1.29, 1.82) is 0 Å². The minimum Gasteiger partial charge on any atom is -0.821 e. The van der Waals surface area contributed by atoms with Crippen LogP contribution in [0.15, 0.2) is 60.8 Å². The molecule has 2 heterocycles. The fourth-order valence-electron chi connectivity index (χ4n) is 2.62. The van der Waals surface area contributed by atoms with E-state index >= 15 is 0 Å². The van der Waals surface area contributed by atoms with Crippen LogP contribution < -0.4 is 9.79 Å². The van der Waals surface area contributed by atoms with Crippen LogP contribution in [0.5, 0.6) is 0 Å². The number of hydrogen-bond acceptors (Lipinski definition) is 2. The van der Waals surface area contributed by atoms with E-state index in [-0.39, 0.29) is 17.4 Å². The fourth-order valence-corrected chi connectivity index (χ4v) is 2.62. The number of aromatic nitrogens is 2. The van der Waals surface area contributed by atoms with E-state index in [1.54, 1.807) is 18.3 Å². The topological polar surface area (TPSA) is 48.9 Å². The number of carbonyl (C=O) groups excluding carboxylic acids is 1. The molecule has 1 aromatic heterocycles. The Morgan fingerprint density at radius 2 is 1.65 bits per heavy atom. The van der Waals surface area contributed by atoms with E-state index in [0.29, 0.717) is 5.56 Å². The van der Waals surface area contributed by atoms with Gasteiger partial charge in [0.05, 0.1) is 5.39 Å². The summed E-state index contributed by atoms with van der Waals surface area (Å²) in [7, 11) is 0. The molecule has 0 spiro atoms. The standard InChI is InChI=1S/C16H10N2O2/c19-15-14(11-6-2-1-3-7-11)16(20)18-13-9-5-4-8-12(13)10-17(15)18/h1-10H. The summed E-state index contributed by atoms with van der Waals surface area (Å²) in [6.45, 7) is 0. The highest BCUT2D eigenvalue weighted by Crippen LogP contribution is 2.25. The van der Waals surface area contributed by atoms with Gasteiger partial charge in [0.25, 0.3) is 0 Å². The molecule has 0 atom stereocenters. The van der Waals surface area contributed by atoms with E-state index < -0.39 is 0 Å². The SMILES string of the molecule is O=C1C(c2ccccc2)=C([O-])[n+]2cc3ccccc3n21. The van der Waals surface area contributed by atoms with E-state index in [1.165, 1.54) is 9.36 Å². The van der Waals surface area contributed by atoms with Crippen LogP contribution in [0.1, 0.15) is 10.4 Å². The highest BCUT2D eigenvalue weighted by atomic mass is 16.3. The Hall–Kier alpha value is -2.88. The number of para-hydroxylation sites is 1. The zero-order chi connectivity index (χ0) is 13.7. The van der Waals surface area contributed by atoms with Gasteiger partial charge in [-0.2, -0.15) is 0 Å². The van der Waals surface area contributed by atoms with Crippen LogP contribution >= 0.6 is 0 Å². The number of nitrogens with zero attached hydrogens (tertiary/aromatic N) is 2. The second-order valence-corrected chi connectivity index (χ2v) is 4.70. The Bertz CT molecular complexity index is 876. The molecule has 4 heteroatoms. The lowest BCUT2D eigenvalue weighted by Crippen LogP contribution is -2.42. The first kappa shape index (κ1) is 11.0. The predicted molar refractivity (Wildman–Crippen MR) is 72.3 cm³/mol. The summed E-state index contributed by atoms with van der Waals surface area (Å²) in [5.41, 5.74) is 1.62. The van der Waals surface area contributed by atoms with Gasteiger partial charge in [-0.3, -0.25) is 4.79 Å². The maximum Gasteiger partial charge on any atom is 0.320 e. The molecule has 1 aliphatic heterocycles. The van der Waals surface area contributed by atoms with Crippen LogP contribution in [0.25, 0.3) is 22.4 Å². The molecule has 0 aliphatic carbocycles. The van der Waals surface area contributed by atoms with Crippen molar-refractivity contribution in [2.75, 3.05) is 0 Å². The number of hydrogen-bond donors (Lipinski definition) is 0. The summed E-state index contributed by atoms with van der Waals surface area (Å²) in [5.74, 6) is -0.556. The Labute approximate surface area is 114 Å². The molecule has 2 aromatic carbocycles. The molecule has 0 radical (unpaired) electrons. The molecule has 96 valence electrons. The third kappa shape index (κ3) is 1.30. The van der Waals surface area contributed by atoms with Crippen LogP contribution in [0.4, 0.5) is 0 Å². The number of allylic oxidation sites excluding steroid dienone is 1. The Morgan fingerprint density at radius 3 is 2.45 bits per heavy atom. The van der Waals surface area contributed by atoms with Crippen molar-refractivity contribution in [3.05, 3.63) is 66.4 Å². The van der Waals surface area contributed by atoms with Gasteiger partial charge in [-0.15, -0.1) is 0 Å². The molecule has 4 nitrogen and oxygen atoms in total. The van der Waals surface area contributed by atoms with Gasteiger partial charge >= 0.3 is 5.91 Å². The highest BCUT2D eigenvalue weighted by Gasteiger charge is 2.35. The van der Waals surface area contributed by atoms with Gasteiger partial charge in [-0.25, -0.2) is 0 Å². The maximum atomic E-state index is 12.6. The fraction of sp³-hybridized carbons (Fsp3) is 0. The van der Waals surface area contributed by atoms with Crippen molar-refractivity contribution < 1.29 is 14.6 Å². The van der Waals surface area contributed by atoms with Gasteiger partial charge < -0.3 is 5.11 Å². The third-order valence-corrected chi connectivity index (χ3v) is 3.53. The normalized spacial score (nSPS) is 14.1. The molecule has 0 unspecified atom stereocenters. The van der Waals surface area contributed by atoms with Crippen LogP contribution in [0, 0.1) is 0 Å². The second kappa shape index (κ2) is 3.81. The van der Waals surface area contributed by atoms with E-state index in [4.69, 9.17) is 0 Å². The monoisotopic (exact) mass is 262 g/mol. The maximum absolute atomic E-state index is 12.6. The first-order valence-electron chi connectivity index (χ1n) is 6.31. The van der Waals surface area contributed by atoms with Gasteiger partial charge in [0, 0.05) is 0 Å². The predicted octanol–water partition coefficient (Wildman–Crippen LogP) is 1.27. The second-order valence-electron chi connectivity index (χ2n) is 4.70. The first-order valence-corrected chi connectivity index (χ1v) is 6.31. The molecule has 3 aromatic rings. The Morgan fingerprint density at radius 1 is 0.950 bits per heavy atom. The molecular formula is C16H10N2O2. The molecule has 0 N–H and O–H groups in total. The van der Waals surface area contributed by atoms with Crippen molar-refractivity contribution in [2.45, 2.75) is 0 Å². The lowest BCUT2D eigenvalue weighted by atomic mass is 10.1. The molecule has 20 heavy (non-hydrogen) atoms. The molecule has 1 aliphatic rings. The van der Waals surface area contributed by atoms with Gasteiger partial charge in [0.1, 0.15) is 11.1 Å². The molecule has 0 saturated carbocycles. The summed E-state index contributed by atoms with van der Waals surface area (Å²) in [6.07, 6.45) is 1.70. The van der Waals surface area contributed by atoms with Crippen molar-refractivity contribution >= 4 is 28.3 Å². The summed E-state index contributed by atoms with van der Waals surface area (Å²) >= 11 is 0. The number of fused-ring (bicyclic) bond motifs is 3. The zero-order valence-electron chi connectivity index (χ0n) is 10.5. The summed E-state index contributed by atoms with van der Waals surface area (Å²) < 4.78 is 2.81. The van der Waals surface area contributed by atoms with Crippen LogP contribution in [-0.2, 0) is 0 Å². The van der Waals surface area contributed by atoms with Crippen molar-refractivity contribution in [3.63, 3.8) is 0 Å². The van der Waals surface area contributed by atoms with Crippen LogP contribution in [-0.4, -0.2) is 10.6 Å². The average Bonchev–Trinajstić information content (AvgIpc) is 2.97. The van der Waals surface area contributed by atoms with Gasteiger partial charge in [-0.1, -0.05) is 51.8 Å². The van der Waals surface area contributed by atoms with E-state index in [9.17, 15) is 9.90 Å². The third-order valence-electron chi connectivity index (χ3n) is 3.53. The minimum absolute atomic E-state index is 0.219. The number of benzene rings is 2. The number of rotatable bonds is 1. The molecule has 0 bridgehead atoms. The summed E-state index contributed by atoms with van der Waals surface area (Å²) in [5, 5.41) is 13.3. The number of carbonyl (C=O) groups is 1. The van der Waals surface area contributed by atoms with Gasteiger partial charge in [0.2, 0.25) is 6.20 Å². The quantitative estimate of drug-likeness (QED) is 0.620.